The van der Waals surface area contributed by atoms with Crippen LogP contribution in [0.3, 0.4) is 0 Å². The maximum Gasteiger partial charge on any atom is 0.308 e. The van der Waals surface area contributed by atoms with Crippen molar-refractivity contribution in [2.24, 2.45) is 5.92 Å². The Labute approximate surface area is 239 Å². The number of likely N-dealkylation sites (tertiary alicyclic amines) is 2. The third kappa shape index (κ3) is 7.55. The summed E-state index contributed by atoms with van der Waals surface area (Å²) in [6.07, 6.45) is 6.60. The van der Waals surface area contributed by atoms with Crippen LogP contribution in [0.2, 0.25) is 0 Å². The highest BCUT2D eigenvalue weighted by atomic mass is 16.5. The van der Waals surface area contributed by atoms with Crippen LogP contribution in [0, 0.1) is 5.92 Å². The van der Waals surface area contributed by atoms with Crippen molar-refractivity contribution in [3.8, 4) is 5.75 Å². The molecule has 9 heteroatoms. The number of fused-ring (bicyclic) bond motifs is 1. The van der Waals surface area contributed by atoms with Crippen LogP contribution in [0.15, 0.2) is 18.2 Å². The number of benzene rings is 1. The van der Waals surface area contributed by atoms with E-state index >= 15 is 0 Å². The van der Waals surface area contributed by atoms with Gasteiger partial charge in [0.2, 0.25) is 11.8 Å². The number of carbonyl (C=O) groups excluding carboxylic acids is 2. The van der Waals surface area contributed by atoms with Crippen molar-refractivity contribution in [1.29, 1.82) is 0 Å². The van der Waals surface area contributed by atoms with Gasteiger partial charge in [-0.1, -0.05) is 25.5 Å². The van der Waals surface area contributed by atoms with Crippen molar-refractivity contribution in [3.63, 3.8) is 0 Å². The quantitative estimate of drug-likeness (QED) is 0.355. The summed E-state index contributed by atoms with van der Waals surface area (Å²) in [6.45, 7) is 7.35. The molecular weight excluding hydrogens is 508 g/mol. The fourth-order valence-corrected chi connectivity index (χ4v) is 6.62. The molecule has 3 aliphatic rings. The first-order valence-electron chi connectivity index (χ1n) is 15.2. The van der Waals surface area contributed by atoms with Crippen LogP contribution in [0.1, 0.15) is 68.9 Å². The minimum atomic E-state index is -0.812. The SMILES string of the molecule is CCCCN(CCCN(C)C)C(=O)CN1C[C@H](c2ccc3c(c2)CCO3)C(C(=O)O)[C@@H]1CCCN1CCCC1=O. The summed E-state index contributed by atoms with van der Waals surface area (Å²) in [6, 6.07) is 5.83. The van der Waals surface area contributed by atoms with E-state index in [-0.39, 0.29) is 30.3 Å². The van der Waals surface area contributed by atoms with Gasteiger partial charge in [-0.3, -0.25) is 19.3 Å². The molecule has 2 saturated heterocycles. The normalized spacial score (nSPS) is 22.6. The van der Waals surface area contributed by atoms with Crippen LogP contribution in [-0.2, 0) is 20.8 Å². The molecule has 2 amide bonds. The van der Waals surface area contributed by atoms with Crippen LogP contribution in [0.5, 0.6) is 5.75 Å². The number of rotatable bonds is 15. The third-order valence-electron chi connectivity index (χ3n) is 8.78. The molecule has 0 spiro atoms. The molecule has 0 aromatic heterocycles. The zero-order valence-electron chi connectivity index (χ0n) is 24.6. The van der Waals surface area contributed by atoms with Crippen molar-refractivity contribution >= 4 is 17.8 Å². The van der Waals surface area contributed by atoms with Crippen molar-refractivity contribution in [2.45, 2.75) is 70.3 Å². The van der Waals surface area contributed by atoms with Gasteiger partial charge in [0.1, 0.15) is 5.75 Å². The fourth-order valence-electron chi connectivity index (χ4n) is 6.62. The molecule has 222 valence electrons. The summed E-state index contributed by atoms with van der Waals surface area (Å²) in [5, 5.41) is 10.5. The topological polar surface area (TPSA) is 93.6 Å². The molecule has 1 aromatic carbocycles. The standard InChI is InChI=1S/C31H48N4O5/c1-4-5-15-34(18-8-14-32(2)3)29(37)22-35-21-25(23-11-12-27-24(20-23)13-19-40-27)30(31(38)39)26(35)9-6-16-33-17-7-10-28(33)36/h11-12,20,25-26,30H,4-10,13-19,21-22H2,1-3H3,(H,38,39)/t25-,26+,30?/m1/s1. The van der Waals surface area contributed by atoms with Crippen LogP contribution >= 0.6 is 0 Å². The number of hydrogen-bond donors (Lipinski definition) is 1. The zero-order chi connectivity index (χ0) is 28.6. The molecule has 4 rings (SSSR count). The first kappa shape index (κ1) is 30.3. The third-order valence-corrected chi connectivity index (χ3v) is 8.78. The lowest BCUT2D eigenvalue weighted by atomic mass is 9.83. The summed E-state index contributed by atoms with van der Waals surface area (Å²) in [4.78, 5) is 46.8. The number of carboxylic acid groups (broad SMARTS) is 1. The summed E-state index contributed by atoms with van der Waals surface area (Å²) in [7, 11) is 4.08. The summed E-state index contributed by atoms with van der Waals surface area (Å²) in [5.74, 6) is -0.466. The Hall–Kier alpha value is -2.65. The van der Waals surface area contributed by atoms with Gasteiger partial charge < -0.3 is 24.5 Å². The second-order valence-corrected chi connectivity index (χ2v) is 12.0. The Morgan fingerprint density at radius 1 is 1.10 bits per heavy atom. The highest BCUT2D eigenvalue weighted by Gasteiger charge is 2.47. The van der Waals surface area contributed by atoms with Gasteiger partial charge in [-0.05, 0) is 69.9 Å². The fraction of sp³-hybridized carbons (Fsp3) is 0.710. The number of nitrogens with zero attached hydrogens (tertiary/aromatic N) is 4. The van der Waals surface area contributed by atoms with E-state index in [1.54, 1.807) is 0 Å². The van der Waals surface area contributed by atoms with E-state index < -0.39 is 11.9 Å². The number of carboxylic acids is 1. The van der Waals surface area contributed by atoms with Crippen LogP contribution < -0.4 is 4.74 Å². The van der Waals surface area contributed by atoms with Crippen molar-refractivity contribution in [3.05, 3.63) is 29.3 Å². The van der Waals surface area contributed by atoms with E-state index in [0.29, 0.717) is 39.1 Å². The van der Waals surface area contributed by atoms with E-state index in [0.717, 1.165) is 75.0 Å². The first-order valence-corrected chi connectivity index (χ1v) is 15.2. The molecule has 0 bridgehead atoms. The largest absolute Gasteiger partial charge is 0.493 e. The van der Waals surface area contributed by atoms with Gasteiger partial charge >= 0.3 is 5.97 Å². The molecule has 9 nitrogen and oxygen atoms in total. The van der Waals surface area contributed by atoms with Gasteiger partial charge in [0.25, 0.3) is 0 Å². The van der Waals surface area contributed by atoms with Gasteiger partial charge in [0.05, 0.1) is 19.1 Å². The van der Waals surface area contributed by atoms with E-state index in [1.807, 2.05) is 36.0 Å². The Morgan fingerprint density at radius 3 is 2.60 bits per heavy atom. The molecule has 2 fully saturated rings. The van der Waals surface area contributed by atoms with Crippen molar-refractivity contribution < 1.29 is 24.2 Å². The lowest BCUT2D eigenvalue weighted by Crippen LogP contribution is -2.45. The first-order chi connectivity index (χ1) is 19.3. The van der Waals surface area contributed by atoms with E-state index in [1.165, 1.54) is 0 Å². The zero-order valence-corrected chi connectivity index (χ0v) is 24.6. The monoisotopic (exact) mass is 556 g/mol. The minimum absolute atomic E-state index is 0.0825. The molecule has 0 aliphatic carbocycles. The highest BCUT2D eigenvalue weighted by molar-refractivity contribution is 5.79. The van der Waals surface area contributed by atoms with Crippen LogP contribution in [0.4, 0.5) is 0 Å². The van der Waals surface area contributed by atoms with E-state index in [2.05, 4.69) is 22.8 Å². The van der Waals surface area contributed by atoms with Crippen molar-refractivity contribution in [2.75, 3.05) is 66.5 Å². The predicted molar refractivity (Wildman–Crippen MR) is 155 cm³/mol. The summed E-state index contributed by atoms with van der Waals surface area (Å²) in [5.41, 5.74) is 2.15. The smallest absolute Gasteiger partial charge is 0.308 e. The van der Waals surface area contributed by atoms with E-state index in [4.69, 9.17) is 4.74 Å². The predicted octanol–water partition coefficient (Wildman–Crippen LogP) is 3.07. The molecule has 1 N–H and O–H groups in total. The molecule has 0 saturated carbocycles. The number of carbonyl (C=O) groups is 3. The Balaban J connectivity index is 1.52. The molecule has 0 radical (unpaired) electrons. The molecule has 3 aliphatic heterocycles. The van der Waals surface area contributed by atoms with Crippen LogP contribution in [-0.4, -0.2) is 115 Å². The molecule has 1 aromatic rings. The molecule has 1 unspecified atom stereocenters. The number of ether oxygens (including phenoxy) is 1. The number of unbranched alkanes of at least 4 members (excludes halogenated alkanes) is 1. The average Bonchev–Trinajstić information content (AvgIpc) is 3.64. The maximum atomic E-state index is 13.7. The summed E-state index contributed by atoms with van der Waals surface area (Å²) >= 11 is 0. The lowest BCUT2D eigenvalue weighted by molar-refractivity contribution is -0.144. The minimum Gasteiger partial charge on any atom is -0.493 e. The molecule has 3 heterocycles. The Bertz CT molecular complexity index is 1030. The van der Waals surface area contributed by atoms with Gasteiger partial charge in [-0.2, -0.15) is 0 Å². The van der Waals surface area contributed by atoms with Gasteiger partial charge in [0.15, 0.2) is 0 Å². The van der Waals surface area contributed by atoms with Crippen molar-refractivity contribution in [1.82, 2.24) is 19.6 Å². The lowest BCUT2D eigenvalue weighted by Gasteiger charge is -2.30. The van der Waals surface area contributed by atoms with E-state index in [9.17, 15) is 19.5 Å². The van der Waals surface area contributed by atoms with Gasteiger partial charge in [0, 0.05) is 57.5 Å². The Morgan fingerprint density at radius 2 is 1.90 bits per heavy atom. The summed E-state index contributed by atoms with van der Waals surface area (Å²) < 4.78 is 5.69. The maximum absolute atomic E-state index is 13.7. The van der Waals surface area contributed by atoms with Gasteiger partial charge in [-0.15, -0.1) is 0 Å². The molecular formula is C31H48N4O5. The number of hydrogen-bond acceptors (Lipinski definition) is 6. The second kappa shape index (κ2) is 14.3. The molecule has 3 atom stereocenters. The Kier molecular flexibility index (Phi) is 10.8. The second-order valence-electron chi connectivity index (χ2n) is 12.0. The average molecular weight is 557 g/mol. The van der Waals surface area contributed by atoms with Crippen LogP contribution in [0.25, 0.3) is 0 Å². The number of aliphatic carboxylic acids is 1. The number of amides is 2. The highest BCUT2D eigenvalue weighted by Crippen LogP contribution is 2.41. The van der Waals surface area contributed by atoms with Gasteiger partial charge in [-0.25, -0.2) is 0 Å². The molecule has 40 heavy (non-hydrogen) atoms.